The zero-order chi connectivity index (χ0) is 13.1. The van der Waals surface area contributed by atoms with Crippen molar-refractivity contribution in [3.63, 3.8) is 0 Å². The number of nitrogens with zero attached hydrogens (tertiary/aromatic N) is 2. The Hall–Kier alpha value is -1.71. The Morgan fingerprint density at radius 3 is 2.56 bits per heavy atom. The first-order chi connectivity index (χ1) is 8.56. The molecule has 1 aromatic carbocycles. The van der Waals surface area contributed by atoms with E-state index in [1.54, 1.807) is 0 Å². The van der Waals surface area contributed by atoms with Gasteiger partial charge in [-0.1, -0.05) is 26.0 Å². The monoisotopic (exact) mass is 247 g/mol. The Morgan fingerprint density at radius 2 is 2.06 bits per heavy atom. The summed E-state index contributed by atoms with van der Waals surface area (Å²) in [5, 5.41) is 0. The number of anilines is 1. The van der Waals surface area contributed by atoms with Gasteiger partial charge in [-0.2, -0.15) is 0 Å². The van der Waals surface area contributed by atoms with Crippen LogP contribution in [-0.4, -0.2) is 32.3 Å². The van der Waals surface area contributed by atoms with Crippen molar-refractivity contribution < 1.29 is 4.74 Å². The van der Waals surface area contributed by atoms with Gasteiger partial charge in [0.15, 0.2) is 0 Å². The second kappa shape index (κ2) is 5.29. The SMILES string of the molecule is CC(C)c1ccc(N(C)CC2COC(N)=N2)cc1. The van der Waals surface area contributed by atoms with Gasteiger partial charge in [-0.3, -0.25) is 0 Å². The molecule has 0 aliphatic carbocycles. The first kappa shape index (κ1) is 12.7. The van der Waals surface area contributed by atoms with Crippen LogP contribution in [0.2, 0.25) is 0 Å². The molecular formula is C14H21N3O. The van der Waals surface area contributed by atoms with Crippen molar-refractivity contribution in [2.24, 2.45) is 10.7 Å². The van der Waals surface area contributed by atoms with E-state index >= 15 is 0 Å². The Kier molecular flexibility index (Phi) is 3.75. The first-order valence-corrected chi connectivity index (χ1v) is 6.33. The molecule has 18 heavy (non-hydrogen) atoms. The summed E-state index contributed by atoms with van der Waals surface area (Å²) < 4.78 is 5.15. The van der Waals surface area contributed by atoms with Gasteiger partial charge in [-0.25, -0.2) is 4.99 Å². The van der Waals surface area contributed by atoms with Crippen molar-refractivity contribution in [3.8, 4) is 0 Å². The van der Waals surface area contributed by atoms with E-state index in [-0.39, 0.29) is 6.04 Å². The molecule has 0 amide bonds. The molecule has 4 heteroatoms. The molecule has 0 spiro atoms. The summed E-state index contributed by atoms with van der Waals surface area (Å²) in [5.74, 6) is 0.567. The molecule has 1 heterocycles. The molecule has 2 rings (SSSR count). The highest BCUT2D eigenvalue weighted by atomic mass is 16.5. The van der Waals surface area contributed by atoms with Gasteiger partial charge in [-0.05, 0) is 23.6 Å². The van der Waals surface area contributed by atoms with Gasteiger partial charge in [0.2, 0.25) is 0 Å². The third kappa shape index (κ3) is 2.94. The van der Waals surface area contributed by atoms with Crippen LogP contribution < -0.4 is 10.6 Å². The van der Waals surface area contributed by atoms with Gasteiger partial charge in [0.05, 0.1) is 0 Å². The van der Waals surface area contributed by atoms with E-state index in [1.807, 2.05) is 0 Å². The Bertz CT molecular complexity index is 425. The van der Waals surface area contributed by atoms with Crippen LogP contribution in [0, 0.1) is 0 Å². The number of hydrogen-bond acceptors (Lipinski definition) is 4. The van der Waals surface area contributed by atoms with Gasteiger partial charge in [0.1, 0.15) is 12.6 Å². The largest absolute Gasteiger partial charge is 0.463 e. The maximum atomic E-state index is 5.50. The number of hydrogen-bond donors (Lipinski definition) is 1. The van der Waals surface area contributed by atoms with Crippen molar-refractivity contribution >= 4 is 11.7 Å². The first-order valence-electron chi connectivity index (χ1n) is 6.33. The summed E-state index contributed by atoms with van der Waals surface area (Å²) in [6.07, 6.45) is 0. The molecule has 0 bridgehead atoms. The lowest BCUT2D eigenvalue weighted by Gasteiger charge is -2.21. The molecule has 0 radical (unpaired) electrons. The average molecular weight is 247 g/mol. The topological polar surface area (TPSA) is 50.9 Å². The summed E-state index contributed by atoms with van der Waals surface area (Å²) >= 11 is 0. The highest BCUT2D eigenvalue weighted by Gasteiger charge is 2.18. The molecule has 0 fully saturated rings. The number of ether oxygens (including phenoxy) is 1. The fraction of sp³-hybridized carbons (Fsp3) is 0.500. The molecule has 0 saturated heterocycles. The normalized spacial score (nSPS) is 18.7. The molecule has 1 aliphatic heterocycles. The van der Waals surface area contributed by atoms with E-state index in [0.29, 0.717) is 18.5 Å². The van der Waals surface area contributed by atoms with Gasteiger partial charge >= 0.3 is 0 Å². The third-order valence-corrected chi connectivity index (χ3v) is 3.22. The minimum atomic E-state index is 0.139. The highest BCUT2D eigenvalue weighted by molar-refractivity contribution is 5.73. The molecule has 98 valence electrons. The van der Waals surface area contributed by atoms with E-state index < -0.39 is 0 Å². The summed E-state index contributed by atoms with van der Waals surface area (Å²) in [5.41, 5.74) is 8.06. The van der Waals surface area contributed by atoms with Crippen molar-refractivity contribution in [3.05, 3.63) is 29.8 Å². The second-order valence-electron chi connectivity index (χ2n) is 5.06. The van der Waals surface area contributed by atoms with Crippen molar-refractivity contribution in [2.75, 3.05) is 25.1 Å². The van der Waals surface area contributed by atoms with Crippen LogP contribution >= 0.6 is 0 Å². The van der Waals surface area contributed by atoms with Crippen LogP contribution in [0.15, 0.2) is 29.3 Å². The Labute approximate surface area is 108 Å². The molecule has 0 aromatic heterocycles. The van der Waals surface area contributed by atoms with E-state index in [9.17, 15) is 0 Å². The standard InChI is InChI=1S/C14H21N3O/c1-10(2)11-4-6-13(7-5-11)17(3)8-12-9-18-14(15)16-12/h4-7,10,12H,8-9H2,1-3H3,(H2,15,16). The number of amidine groups is 1. The summed E-state index contributed by atoms with van der Waals surface area (Å²) in [6.45, 7) is 5.81. The third-order valence-electron chi connectivity index (χ3n) is 3.22. The lowest BCUT2D eigenvalue weighted by molar-refractivity contribution is 0.314. The van der Waals surface area contributed by atoms with Gasteiger partial charge in [0.25, 0.3) is 6.02 Å². The minimum absolute atomic E-state index is 0.139. The van der Waals surface area contributed by atoms with Crippen LogP contribution in [0.5, 0.6) is 0 Å². The minimum Gasteiger partial charge on any atom is -0.463 e. The lowest BCUT2D eigenvalue weighted by Crippen LogP contribution is -2.28. The summed E-state index contributed by atoms with van der Waals surface area (Å²) in [4.78, 5) is 6.41. The molecule has 0 saturated carbocycles. The number of rotatable bonds is 4. The highest BCUT2D eigenvalue weighted by Crippen LogP contribution is 2.20. The molecular weight excluding hydrogens is 226 g/mol. The van der Waals surface area contributed by atoms with Gasteiger partial charge < -0.3 is 15.4 Å². The summed E-state index contributed by atoms with van der Waals surface area (Å²) in [6, 6.07) is 9.11. The Balaban J connectivity index is 1.98. The maximum Gasteiger partial charge on any atom is 0.282 e. The molecule has 4 nitrogen and oxygen atoms in total. The number of nitrogens with two attached hydrogens (primary N) is 1. The number of likely N-dealkylation sites (N-methyl/N-ethyl adjacent to an activating group) is 1. The predicted molar refractivity (Wildman–Crippen MR) is 75.2 cm³/mol. The fourth-order valence-corrected chi connectivity index (χ4v) is 2.06. The molecule has 1 unspecified atom stereocenters. The molecule has 1 aliphatic rings. The molecule has 1 aromatic rings. The number of aliphatic imine (C=N–C) groups is 1. The smallest absolute Gasteiger partial charge is 0.282 e. The average Bonchev–Trinajstić information content (AvgIpc) is 2.75. The maximum absolute atomic E-state index is 5.50. The van der Waals surface area contributed by atoms with E-state index in [0.717, 1.165) is 6.54 Å². The van der Waals surface area contributed by atoms with Gasteiger partial charge in [0, 0.05) is 19.3 Å². The predicted octanol–water partition coefficient (Wildman–Crippen LogP) is 1.96. The van der Waals surface area contributed by atoms with E-state index in [1.165, 1.54) is 11.3 Å². The lowest BCUT2D eigenvalue weighted by atomic mass is 10.0. The zero-order valence-corrected chi connectivity index (χ0v) is 11.3. The zero-order valence-electron chi connectivity index (χ0n) is 11.3. The van der Waals surface area contributed by atoms with E-state index in [2.05, 4.69) is 55.1 Å². The molecule has 2 N–H and O–H groups in total. The quantitative estimate of drug-likeness (QED) is 0.885. The second-order valence-corrected chi connectivity index (χ2v) is 5.06. The van der Waals surface area contributed by atoms with E-state index in [4.69, 9.17) is 10.5 Å². The number of benzene rings is 1. The van der Waals surface area contributed by atoms with Crippen LogP contribution in [0.25, 0.3) is 0 Å². The van der Waals surface area contributed by atoms with Crippen molar-refractivity contribution in [1.82, 2.24) is 0 Å². The van der Waals surface area contributed by atoms with Crippen molar-refractivity contribution in [1.29, 1.82) is 0 Å². The van der Waals surface area contributed by atoms with Crippen LogP contribution in [-0.2, 0) is 4.74 Å². The fourth-order valence-electron chi connectivity index (χ4n) is 2.06. The summed E-state index contributed by atoms with van der Waals surface area (Å²) in [7, 11) is 2.06. The van der Waals surface area contributed by atoms with Crippen molar-refractivity contribution in [2.45, 2.75) is 25.8 Å². The van der Waals surface area contributed by atoms with Crippen LogP contribution in [0.3, 0.4) is 0 Å². The molecule has 1 atom stereocenters. The Morgan fingerprint density at radius 1 is 1.39 bits per heavy atom. The van der Waals surface area contributed by atoms with Crippen LogP contribution in [0.1, 0.15) is 25.3 Å². The van der Waals surface area contributed by atoms with Gasteiger partial charge in [-0.15, -0.1) is 0 Å². The van der Waals surface area contributed by atoms with Crippen LogP contribution in [0.4, 0.5) is 5.69 Å².